The number of thioether (sulfide) groups is 1. The lowest BCUT2D eigenvalue weighted by Gasteiger charge is -2.43. The Balaban J connectivity index is 2.11. The summed E-state index contributed by atoms with van der Waals surface area (Å²) in [6.45, 7) is 9.43. The Kier molecular flexibility index (Phi) is 4.26. The summed E-state index contributed by atoms with van der Waals surface area (Å²) in [5.74, 6) is -0.373. The number of benzene rings is 1. The van der Waals surface area contributed by atoms with Crippen molar-refractivity contribution in [1.82, 2.24) is 5.32 Å². The number of anilines is 1. The highest BCUT2D eigenvalue weighted by Crippen LogP contribution is 2.42. The van der Waals surface area contributed by atoms with Gasteiger partial charge >= 0.3 is 0 Å². The summed E-state index contributed by atoms with van der Waals surface area (Å²) >= 11 is 7.37. The zero-order chi connectivity index (χ0) is 17.6. The van der Waals surface area contributed by atoms with Crippen LogP contribution in [0.2, 0.25) is 5.02 Å². The Morgan fingerprint density at radius 2 is 2.04 bits per heavy atom. The van der Waals surface area contributed by atoms with Crippen LogP contribution in [0.1, 0.15) is 38.8 Å². The zero-order valence-corrected chi connectivity index (χ0v) is 15.6. The van der Waals surface area contributed by atoms with Gasteiger partial charge in [-0.15, -0.1) is 0 Å². The first-order valence-electron chi connectivity index (χ1n) is 7.79. The minimum Gasteiger partial charge on any atom is -0.363 e. The summed E-state index contributed by atoms with van der Waals surface area (Å²) in [6, 6.07) is 3.94. The molecule has 1 aromatic rings. The predicted molar refractivity (Wildman–Crippen MR) is 101 cm³/mol. The van der Waals surface area contributed by atoms with E-state index in [1.54, 1.807) is 6.08 Å². The molecule has 2 aliphatic rings. The number of allylic oxidation sites excluding steroid dienone is 1. The molecule has 0 aromatic heterocycles. The molecule has 1 fully saturated rings. The molecule has 2 aliphatic heterocycles. The summed E-state index contributed by atoms with van der Waals surface area (Å²) in [6.07, 6.45) is 3.92. The molecule has 0 atom stereocenters. The van der Waals surface area contributed by atoms with Crippen LogP contribution in [0.15, 0.2) is 23.1 Å². The molecule has 0 saturated carbocycles. The van der Waals surface area contributed by atoms with E-state index in [4.69, 9.17) is 11.6 Å². The number of imide groups is 1. The molecule has 1 N–H and O–H groups in total. The molecule has 0 bridgehead atoms. The Bertz CT molecular complexity index is 811. The third kappa shape index (κ3) is 2.87. The topological polar surface area (TPSA) is 49.4 Å². The van der Waals surface area contributed by atoms with Crippen molar-refractivity contribution in [3.63, 3.8) is 0 Å². The molecule has 6 heteroatoms. The quantitative estimate of drug-likeness (QED) is 0.775. The van der Waals surface area contributed by atoms with Crippen molar-refractivity contribution < 1.29 is 9.59 Å². The molecule has 24 heavy (non-hydrogen) atoms. The summed E-state index contributed by atoms with van der Waals surface area (Å²) in [4.78, 5) is 25.7. The summed E-state index contributed by atoms with van der Waals surface area (Å²) in [5.41, 5.74) is 4.03. The van der Waals surface area contributed by atoms with E-state index >= 15 is 0 Å². The van der Waals surface area contributed by atoms with E-state index < -0.39 is 0 Å². The van der Waals surface area contributed by atoms with Crippen molar-refractivity contribution in [2.75, 3.05) is 11.4 Å². The van der Waals surface area contributed by atoms with Gasteiger partial charge in [-0.05, 0) is 68.8 Å². The van der Waals surface area contributed by atoms with E-state index in [0.717, 1.165) is 35.1 Å². The van der Waals surface area contributed by atoms with Gasteiger partial charge < -0.3 is 4.90 Å². The van der Waals surface area contributed by atoms with Crippen molar-refractivity contribution in [2.24, 2.45) is 0 Å². The molecule has 1 aromatic carbocycles. The number of hydrogen-bond acceptors (Lipinski definition) is 4. The molecule has 1 saturated heterocycles. The van der Waals surface area contributed by atoms with Gasteiger partial charge in [-0.3, -0.25) is 14.9 Å². The van der Waals surface area contributed by atoms with Gasteiger partial charge in [0.1, 0.15) is 0 Å². The van der Waals surface area contributed by atoms with Crippen LogP contribution in [0.4, 0.5) is 10.5 Å². The fourth-order valence-corrected chi connectivity index (χ4v) is 4.25. The van der Waals surface area contributed by atoms with Crippen molar-refractivity contribution in [3.8, 4) is 0 Å². The molecule has 0 aliphatic carbocycles. The number of fused-ring (bicyclic) bond motifs is 1. The molecule has 0 radical (unpaired) electrons. The third-order valence-electron chi connectivity index (χ3n) is 4.34. The number of carbonyl (C=O) groups excluding carboxylic acids is 2. The Labute approximate surface area is 150 Å². The highest BCUT2D eigenvalue weighted by Gasteiger charge is 2.31. The van der Waals surface area contributed by atoms with E-state index in [2.05, 4.69) is 44.0 Å². The Hall–Kier alpha value is -1.72. The standard InChI is InChI=1S/C18H19ClN2O2S/c1-5-21-14-8-13(19)11(7-15-16(22)20-17(23)24-15)6-12(14)10(2)9-18(21,3)4/h6-9H,5H2,1-4H3,(H,20,22,23)/b15-7-. The van der Waals surface area contributed by atoms with E-state index in [-0.39, 0.29) is 16.7 Å². The van der Waals surface area contributed by atoms with Gasteiger partial charge in [-0.1, -0.05) is 17.7 Å². The molecule has 4 nitrogen and oxygen atoms in total. The number of nitrogens with one attached hydrogen (secondary N) is 1. The van der Waals surface area contributed by atoms with Crippen molar-refractivity contribution in [3.05, 3.63) is 39.3 Å². The molecule has 126 valence electrons. The van der Waals surface area contributed by atoms with Crippen LogP contribution in [0.25, 0.3) is 11.6 Å². The van der Waals surface area contributed by atoms with Gasteiger partial charge in [0, 0.05) is 22.8 Å². The average Bonchev–Trinajstić information content (AvgIpc) is 2.78. The Morgan fingerprint density at radius 1 is 1.33 bits per heavy atom. The van der Waals surface area contributed by atoms with Crippen molar-refractivity contribution in [1.29, 1.82) is 0 Å². The lowest BCUT2D eigenvalue weighted by molar-refractivity contribution is -0.115. The lowest BCUT2D eigenvalue weighted by Crippen LogP contribution is -2.44. The van der Waals surface area contributed by atoms with Gasteiger partial charge in [0.05, 0.1) is 10.4 Å². The average molecular weight is 363 g/mol. The van der Waals surface area contributed by atoms with E-state index in [1.807, 2.05) is 12.1 Å². The summed E-state index contributed by atoms with van der Waals surface area (Å²) in [7, 11) is 0. The van der Waals surface area contributed by atoms with Crippen LogP contribution >= 0.6 is 23.4 Å². The number of halogens is 1. The smallest absolute Gasteiger partial charge is 0.290 e. The second kappa shape index (κ2) is 5.97. The number of rotatable bonds is 2. The molecular formula is C18H19ClN2O2S. The largest absolute Gasteiger partial charge is 0.363 e. The molecule has 0 unspecified atom stereocenters. The normalized spacial score (nSPS) is 21.0. The molecular weight excluding hydrogens is 344 g/mol. The monoisotopic (exact) mass is 362 g/mol. The fourth-order valence-electron chi connectivity index (χ4n) is 3.37. The lowest BCUT2D eigenvalue weighted by atomic mass is 9.88. The van der Waals surface area contributed by atoms with Gasteiger partial charge in [0.25, 0.3) is 11.1 Å². The number of nitrogens with zero attached hydrogens (tertiary/aromatic N) is 1. The maximum absolute atomic E-state index is 11.8. The molecule has 2 heterocycles. The number of amides is 2. The van der Waals surface area contributed by atoms with Crippen LogP contribution in [0, 0.1) is 0 Å². The number of hydrogen-bond donors (Lipinski definition) is 1. The van der Waals surface area contributed by atoms with E-state index in [0.29, 0.717) is 9.93 Å². The van der Waals surface area contributed by atoms with Crippen LogP contribution in [-0.2, 0) is 4.79 Å². The highest BCUT2D eigenvalue weighted by molar-refractivity contribution is 8.18. The minimum atomic E-state index is -0.373. The first-order chi connectivity index (χ1) is 11.2. The van der Waals surface area contributed by atoms with Gasteiger partial charge in [0.15, 0.2) is 0 Å². The molecule has 0 spiro atoms. The Morgan fingerprint density at radius 3 is 2.62 bits per heavy atom. The summed E-state index contributed by atoms with van der Waals surface area (Å²) in [5, 5.41) is 2.47. The van der Waals surface area contributed by atoms with E-state index in [1.165, 1.54) is 5.57 Å². The van der Waals surface area contributed by atoms with Gasteiger partial charge in [-0.2, -0.15) is 0 Å². The fraction of sp³-hybridized carbons (Fsp3) is 0.333. The van der Waals surface area contributed by atoms with E-state index in [9.17, 15) is 9.59 Å². The first kappa shape index (κ1) is 17.1. The van der Waals surface area contributed by atoms with Crippen molar-refractivity contribution >= 4 is 51.8 Å². The van der Waals surface area contributed by atoms with Crippen LogP contribution in [0.5, 0.6) is 0 Å². The second-order valence-corrected chi connectivity index (χ2v) is 7.89. The predicted octanol–water partition coefficient (Wildman–Crippen LogP) is 4.69. The second-order valence-electron chi connectivity index (χ2n) is 6.47. The van der Waals surface area contributed by atoms with Gasteiger partial charge in [-0.25, -0.2) is 0 Å². The SMILES string of the molecule is CCN1c2cc(Cl)c(/C=C3\SC(=O)NC3=O)cc2C(C)=CC1(C)C. The third-order valence-corrected chi connectivity index (χ3v) is 5.48. The molecule has 2 amide bonds. The van der Waals surface area contributed by atoms with Crippen LogP contribution in [-0.4, -0.2) is 23.2 Å². The van der Waals surface area contributed by atoms with Crippen LogP contribution in [0.3, 0.4) is 0 Å². The zero-order valence-electron chi connectivity index (χ0n) is 14.1. The molecule has 3 rings (SSSR count). The summed E-state index contributed by atoms with van der Waals surface area (Å²) < 4.78 is 0. The van der Waals surface area contributed by atoms with Crippen molar-refractivity contribution in [2.45, 2.75) is 33.2 Å². The highest BCUT2D eigenvalue weighted by atomic mass is 35.5. The van der Waals surface area contributed by atoms with Gasteiger partial charge in [0.2, 0.25) is 0 Å². The minimum absolute atomic E-state index is 0.0806. The maximum atomic E-state index is 11.8. The maximum Gasteiger partial charge on any atom is 0.290 e. The first-order valence-corrected chi connectivity index (χ1v) is 8.98. The number of carbonyl (C=O) groups is 2. The number of likely N-dealkylation sites (N-methyl/N-ethyl adjacent to an activating group) is 1. The van der Waals surface area contributed by atoms with Crippen LogP contribution < -0.4 is 10.2 Å².